The summed E-state index contributed by atoms with van der Waals surface area (Å²) in [6.07, 6.45) is 1.79. The molecule has 1 amide bonds. The van der Waals surface area contributed by atoms with Gasteiger partial charge < -0.3 is 10.4 Å². The minimum Gasteiger partial charge on any atom is -0.395 e. The van der Waals surface area contributed by atoms with Crippen molar-refractivity contribution in [1.82, 2.24) is 5.32 Å². The summed E-state index contributed by atoms with van der Waals surface area (Å²) in [6.45, 7) is 1.58. The molecule has 2 N–H and O–H groups in total. The molecule has 8 heteroatoms. The lowest BCUT2D eigenvalue weighted by molar-refractivity contribution is -0.0328. The number of hydrogen-bond acceptors (Lipinski definition) is 4. The number of aliphatic hydroxyl groups is 1. The van der Waals surface area contributed by atoms with Gasteiger partial charge in [-0.05, 0) is 37.1 Å². The Morgan fingerprint density at radius 3 is 2.52 bits per heavy atom. The van der Waals surface area contributed by atoms with Gasteiger partial charge in [0.05, 0.1) is 12.2 Å². The number of aliphatic hydroxyl groups excluding tert-OH is 1. The summed E-state index contributed by atoms with van der Waals surface area (Å²) in [6, 6.07) is 5.21. The van der Waals surface area contributed by atoms with Gasteiger partial charge in [-0.15, -0.1) is 0 Å². The Bertz CT molecular complexity index is 479. The van der Waals surface area contributed by atoms with Crippen LogP contribution >= 0.6 is 23.5 Å². The second kappa shape index (κ2) is 7.95. The summed E-state index contributed by atoms with van der Waals surface area (Å²) in [5, 5.41) is 11.6. The molecule has 0 aliphatic rings. The Balaban J connectivity index is 2.88. The lowest BCUT2D eigenvalue weighted by Crippen LogP contribution is -2.41. The highest BCUT2D eigenvalue weighted by Crippen LogP contribution is 2.38. The van der Waals surface area contributed by atoms with Gasteiger partial charge in [0.15, 0.2) is 0 Å². The number of thioether (sulfide) groups is 2. The zero-order valence-electron chi connectivity index (χ0n) is 11.5. The van der Waals surface area contributed by atoms with Crippen LogP contribution in [0, 0.1) is 0 Å². The Hall–Kier alpha value is -0.860. The molecule has 118 valence electrons. The number of halogens is 3. The third-order valence-corrected chi connectivity index (χ3v) is 4.73. The van der Waals surface area contributed by atoms with E-state index in [2.05, 4.69) is 5.32 Å². The fraction of sp³-hybridized carbons (Fsp3) is 0.462. The summed E-state index contributed by atoms with van der Waals surface area (Å²) >= 11 is 1.07. The van der Waals surface area contributed by atoms with Crippen molar-refractivity contribution in [2.75, 3.05) is 12.9 Å². The molecule has 1 aromatic carbocycles. The lowest BCUT2D eigenvalue weighted by atomic mass is 10.1. The van der Waals surface area contributed by atoms with E-state index in [1.807, 2.05) is 0 Å². The van der Waals surface area contributed by atoms with E-state index in [0.29, 0.717) is 0 Å². The highest BCUT2D eigenvalue weighted by Gasteiger charge is 2.31. The second-order valence-corrected chi connectivity index (χ2v) is 6.45. The summed E-state index contributed by atoms with van der Waals surface area (Å²) in [5.74, 6) is -0.581. The highest BCUT2D eigenvalue weighted by atomic mass is 32.2. The molecule has 1 aromatic rings. The average Bonchev–Trinajstić information content (AvgIpc) is 2.38. The summed E-state index contributed by atoms with van der Waals surface area (Å²) < 4.78 is 37.4. The van der Waals surface area contributed by atoms with Gasteiger partial charge in [0.25, 0.3) is 5.91 Å². The third kappa shape index (κ3) is 5.80. The molecule has 0 aliphatic carbocycles. The molecule has 1 rings (SSSR count). The zero-order valence-corrected chi connectivity index (χ0v) is 13.1. The van der Waals surface area contributed by atoms with Gasteiger partial charge in [0, 0.05) is 16.2 Å². The summed E-state index contributed by atoms with van der Waals surface area (Å²) in [4.78, 5) is 12.0. The van der Waals surface area contributed by atoms with Crippen LogP contribution in [-0.4, -0.2) is 40.7 Å². The predicted octanol–water partition coefficient (Wildman–Crippen LogP) is 3.14. The van der Waals surface area contributed by atoms with Gasteiger partial charge >= 0.3 is 5.51 Å². The van der Waals surface area contributed by atoms with E-state index in [-0.39, 0.29) is 40.1 Å². The predicted molar refractivity (Wildman–Crippen MR) is 79.7 cm³/mol. The molecule has 2 atom stereocenters. The van der Waals surface area contributed by atoms with Crippen LogP contribution in [0.3, 0.4) is 0 Å². The maximum absolute atomic E-state index is 12.5. The van der Waals surface area contributed by atoms with Crippen molar-refractivity contribution < 1.29 is 23.1 Å². The fourth-order valence-corrected chi connectivity index (χ4v) is 2.97. The molecule has 2 unspecified atom stereocenters. The van der Waals surface area contributed by atoms with Gasteiger partial charge in [-0.1, -0.05) is 12.1 Å². The Kier molecular flexibility index (Phi) is 6.89. The maximum atomic E-state index is 12.5. The molecule has 3 nitrogen and oxygen atoms in total. The van der Waals surface area contributed by atoms with Crippen LogP contribution in [0.2, 0.25) is 0 Å². The van der Waals surface area contributed by atoms with Crippen LogP contribution in [0.4, 0.5) is 13.2 Å². The third-order valence-electron chi connectivity index (χ3n) is 2.76. The SMILES string of the molecule is CSC(CO)C(C)NC(=O)c1ccccc1SC(F)(F)F. The summed E-state index contributed by atoms with van der Waals surface area (Å²) in [5.41, 5.74) is -4.47. The molecular formula is C13H16F3NO2S2. The lowest BCUT2D eigenvalue weighted by Gasteiger charge is -2.22. The Morgan fingerprint density at radius 1 is 1.38 bits per heavy atom. The zero-order chi connectivity index (χ0) is 16.0. The van der Waals surface area contributed by atoms with Crippen molar-refractivity contribution in [3.63, 3.8) is 0 Å². The fourth-order valence-electron chi connectivity index (χ4n) is 1.68. The van der Waals surface area contributed by atoms with Crippen LogP contribution < -0.4 is 5.32 Å². The Labute approximate surface area is 129 Å². The van der Waals surface area contributed by atoms with Crippen molar-refractivity contribution in [2.45, 2.75) is 28.6 Å². The molecule has 0 fully saturated rings. The van der Waals surface area contributed by atoms with E-state index in [4.69, 9.17) is 5.11 Å². The number of hydrogen-bond donors (Lipinski definition) is 2. The van der Waals surface area contributed by atoms with E-state index in [1.165, 1.54) is 36.0 Å². The van der Waals surface area contributed by atoms with Crippen LogP contribution in [-0.2, 0) is 0 Å². The van der Waals surface area contributed by atoms with Crippen LogP contribution in [0.15, 0.2) is 29.2 Å². The number of benzene rings is 1. The molecule has 0 aromatic heterocycles. The normalized spacial score (nSPS) is 14.6. The molecular weight excluding hydrogens is 323 g/mol. The first-order chi connectivity index (χ1) is 9.78. The first-order valence-corrected chi connectivity index (χ1v) is 8.18. The standard InChI is InChI=1S/C13H16F3NO2S2/c1-8(11(7-18)20-2)17-12(19)9-5-3-4-6-10(9)21-13(14,15)16/h3-6,8,11,18H,7H2,1-2H3,(H,17,19). The van der Waals surface area contributed by atoms with Crippen LogP contribution in [0.25, 0.3) is 0 Å². The van der Waals surface area contributed by atoms with Gasteiger partial charge in [0.2, 0.25) is 0 Å². The Morgan fingerprint density at radius 2 is 2.00 bits per heavy atom. The molecule has 0 aliphatic heterocycles. The van der Waals surface area contributed by atoms with Crippen LogP contribution in [0.1, 0.15) is 17.3 Å². The summed E-state index contributed by atoms with van der Waals surface area (Å²) in [7, 11) is 0. The number of rotatable bonds is 6. The van der Waals surface area contributed by atoms with Crippen molar-refractivity contribution in [3.8, 4) is 0 Å². The first-order valence-electron chi connectivity index (χ1n) is 6.07. The number of nitrogens with one attached hydrogen (secondary N) is 1. The molecule has 0 heterocycles. The average molecular weight is 339 g/mol. The van der Waals surface area contributed by atoms with Gasteiger partial charge in [-0.3, -0.25) is 4.79 Å². The van der Waals surface area contributed by atoms with Gasteiger partial charge in [-0.2, -0.15) is 24.9 Å². The van der Waals surface area contributed by atoms with Gasteiger partial charge in [0.1, 0.15) is 0 Å². The van der Waals surface area contributed by atoms with Crippen LogP contribution in [0.5, 0.6) is 0 Å². The second-order valence-electron chi connectivity index (χ2n) is 4.26. The molecule has 0 saturated carbocycles. The number of carbonyl (C=O) groups excluding carboxylic acids is 1. The molecule has 0 spiro atoms. The first kappa shape index (κ1) is 18.2. The number of carbonyl (C=O) groups is 1. The monoisotopic (exact) mass is 339 g/mol. The van der Waals surface area contributed by atoms with Gasteiger partial charge in [-0.25, -0.2) is 0 Å². The smallest absolute Gasteiger partial charge is 0.395 e. The van der Waals surface area contributed by atoms with E-state index >= 15 is 0 Å². The quantitative estimate of drug-likeness (QED) is 0.782. The van der Waals surface area contributed by atoms with Crippen molar-refractivity contribution in [1.29, 1.82) is 0 Å². The van der Waals surface area contributed by atoms with E-state index < -0.39 is 11.4 Å². The number of amides is 1. The van der Waals surface area contributed by atoms with E-state index in [9.17, 15) is 18.0 Å². The molecule has 21 heavy (non-hydrogen) atoms. The topological polar surface area (TPSA) is 49.3 Å². The van der Waals surface area contributed by atoms with E-state index in [1.54, 1.807) is 13.2 Å². The highest BCUT2D eigenvalue weighted by molar-refractivity contribution is 8.00. The van der Waals surface area contributed by atoms with E-state index in [0.717, 1.165) is 0 Å². The van der Waals surface area contributed by atoms with Crippen molar-refractivity contribution in [3.05, 3.63) is 29.8 Å². The van der Waals surface area contributed by atoms with Crippen molar-refractivity contribution >= 4 is 29.4 Å². The molecule has 0 radical (unpaired) electrons. The maximum Gasteiger partial charge on any atom is 0.446 e. The largest absolute Gasteiger partial charge is 0.446 e. The minimum atomic E-state index is -4.45. The minimum absolute atomic E-state index is 0.0236. The molecule has 0 bridgehead atoms. The molecule has 0 saturated heterocycles. The number of alkyl halides is 3. The van der Waals surface area contributed by atoms with Crippen molar-refractivity contribution in [2.24, 2.45) is 0 Å².